The lowest BCUT2D eigenvalue weighted by Gasteiger charge is -2.56. The van der Waals surface area contributed by atoms with Crippen LogP contribution < -0.4 is 10.6 Å². The van der Waals surface area contributed by atoms with Crippen LogP contribution in [0.25, 0.3) is 0 Å². The van der Waals surface area contributed by atoms with Gasteiger partial charge in [-0.2, -0.15) is 4.37 Å². The first kappa shape index (κ1) is 19.6. The van der Waals surface area contributed by atoms with Gasteiger partial charge < -0.3 is 15.4 Å². The summed E-state index contributed by atoms with van der Waals surface area (Å²) < 4.78 is 9.48. The van der Waals surface area contributed by atoms with Crippen LogP contribution in [0.4, 0.5) is 4.79 Å². The van der Waals surface area contributed by atoms with Gasteiger partial charge in [0, 0.05) is 18.0 Å². The van der Waals surface area contributed by atoms with Crippen molar-refractivity contribution in [2.45, 2.75) is 76.9 Å². The molecule has 0 saturated heterocycles. The van der Waals surface area contributed by atoms with Crippen LogP contribution >= 0.6 is 11.5 Å². The van der Waals surface area contributed by atoms with E-state index >= 15 is 0 Å². The van der Waals surface area contributed by atoms with Gasteiger partial charge in [0.05, 0.1) is 6.42 Å². The molecule has 5 rings (SSSR count). The van der Waals surface area contributed by atoms with Crippen molar-refractivity contribution in [1.82, 2.24) is 20.0 Å². The average Bonchev–Trinajstić information content (AvgIpc) is 3.07. The molecule has 4 fully saturated rings. The Kier molecular flexibility index (Phi) is 5.58. The molecule has 0 unspecified atom stereocenters. The Labute approximate surface area is 170 Å². The zero-order valence-electron chi connectivity index (χ0n) is 16.7. The van der Waals surface area contributed by atoms with Crippen molar-refractivity contribution in [1.29, 1.82) is 0 Å². The maximum Gasteiger partial charge on any atom is 0.315 e. The molecule has 2 N–H and O–H groups in total. The highest BCUT2D eigenvalue weighted by Gasteiger charge is 2.51. The van der Waals surface area contributed by atoms with Crippen LogP contribution in [0.5, 0.6) is 0 Å². The Morgan fingerprint density at radius 3 is 2.39 bits per heavy atom. The van der Waals surface area contributed by atoms with Gasteiger partial charge in [-0.25, -0.2) is 9.78 Å². The molecule has 1 aromatic heterocycles. The maximum absolute atomic E-state index is 12.4. The van der Waals surface area contributed by atoms with E-state index in [4.69, 9.17) is 4.74 Å². The highest BCUT2D eigenvalue weighted by molar-refractivity contribution is 7.05. The highest BCUT2D eigenvalue weighted by atomic mass is 32.1. The number of amides is 2. The van der Waals surface area contributed by atoms with E-state index in [1.165, 1.54) is 30.8 Å². The van der Waals surface area contributed by atoms with Gasteiger partial charge in [-0.15, -0.1) is 0 Å². The molecule has 154 valence electrons. The zero-order valence-corrected chi connectivity index (χ0v) is 17.5. The van der Waals surface area contributed by atoms with Crippen molar-refractivity contribution in [2.24, 2.45) is 17.8 Å². The van der Waals surface area contributed by atoms with Gasteiger partial charge in [0.25, 0.3) is 0 Å². The quantitative estimate of drug-likeness (QED) is 0.677. The summed E-state index contributed by atoms with van der Waals surface area (Å²) in [6.07, 6.45) is 7.56. The first-order valence-corrected chi connectivity index (χ1v) is 11.2. The molecule has 0 radical (unpaired) electrons. The van der Waals surface area contributed by atoms with Crippen molar-refractivity contribution < 1.29 is 14.3 Å². The van der Waals surface area contributed by atoms with Crippen molar-refractivity contribution in [3.8, 4) is 0 Å². The molecule has 0 spiro atoms. The summed E-state index contributed by atoms with van der Waals surface area (Å²) in [5.74, 6) is 3.07. The summed E-state index contributed by atoms with van der Waals surface area (Å²) in [4.78, 5) is 28.6. The molecular formula is C20H30N4O3S. The van der Waals surface area contributed by atoms with Crippen LogP contribution in [0.3, 0.4) is 0 Å². The van der Waals surface area contributed by atoms with Crippen LogP contribution in [-0.4, -0.2) is 33.4 Å². The average molecular weight is 407 g/mol. The SMILES string of the molecule is CC(C)c1nsc(COC(=O)CCNC(=O)NC23CC4CC(CC(C4)C2)C3)n1. The zero-order chi connectivity index (χ0) is 19.7. The van der Waals surface area contributed by atoms with E-state index in [2.05, 4.69) is 20.0 Å². The van der Waals surface area contributed by atoms with Crippen molar-refractivity contribution >= 4 is 23.5 Å². The minimum atomic E-state index is -0.337. The largest absolute Gasteiger partial charge is 0.458 e. The summed E-state index contributed by atoms with van der Waals surface area (Å²) in [5, 5.41) is 6.78. The molecule has 28 heavy (non-hydrogen) atoms. The Hall–Kier alpha value is -1.70. The topological polar surface area (TPSA) is 93.2 Å². The van der Waals surface area contributed by atoms with Gasteiger partial charge in [-0.1, -0.05) is 13.8 Å². The number of nitrogens with zero attached hydrogens (tertiary/aromatic N) is 2. The lowest BCUT2D eigenvalue weighted by molar-refractivity contribution is -0.144. The fraction of sp³-hybridized carbons (Fsp3) is 0.800. The molecular weight excluding hydrogens is 376 g/mol. The van der Waals surface area contributed by atoms with Gasteiger partial charge in [0.2, 0.25) is 0 Å². The molecule has 4 bridgehead atoms. The van der Waals surface area contributed by atoms with Crippen LogP contribution in [0.2, 0.25) is 0 Å². The number of hydrogen-bond acceptors (Lipinski definition) is 6. The minimum absolute atomic E-state index is 0.00863. The fourth-order valence-corrected chi connectivity index (χ4v) is 6.30. The molecule has 1 heterocycles. The van der Waals surface area contributed by atoms with Gasteiger partial charge in [-0.3, -0.25) is 4.79 Å². The summed E-state index contributed by atoms with van der Waals surface area (Å²) >= 11 is 1.26. The van der Waals surface area contributed by atoms with E-state index in [1.807, 2.05) is 13.8 Å². The molecule has 4 aliphatic carbocycles. The molecule has 8 heteroatoms. The second kappa shape index (κ2) is 7.97. The van der Waals surface area contributed by atoms with Crippen molar-refractivity contribution in [3.63, 3.8) is 0 Å². The number of urea groups is 1. The van der Waals surface area contributed by atoms with Crippen molar-refractivity contribution in [3.05, 3.63) is 10.8 Å². The fourth-order valence-electron chi connectivity index (χ4n) is 5.60. The van der Waals surface area contributed by atoms with E-state index in [-0.39, 0.29) is 43.0 Å². The molecule has 7 nitrogen and oxygen atoms in total. The van der Waals surface area contributed by atoms with Gasteiger partial charge in [0.1, 0.15) is 12.4 Å². The van der Waals surface area contributed by atoms with Gasteiger partial charge in [0.15, 0.2) is 5.01 Å². The third kappa shape index (κ3) is 4.47. The summed E-state index contributed by atoms with van der Waals surface area (Å²) in [6.45, 7) is 4.48. The van der Waals surface area contributed by atoms with Crippen LogP contribution in [0.15, 0.2) is 0 Å². The molecule has 4 saturated carbocycles. The van der Waals surface area contributed by atoms with Crippen LogP contribution in [-0.2, 0) is 16.1 Å². The maximum atomic E-state index is 12.4. The number of ether oxygens (including phenoxy) is 1. The smallest absolute Gasteiger partial charge is 0.315 e. The lowest BCUT2D eigenvalue weighted by atomic mass is 9.53. The Morgan fingerprint density at radius 2 is 1.82 bits per heavy atom. The molecule has 0 atom stereocenters. The second-order valence-electron chi connectivity index (χ2n) is 9.19. The molecule has 4 aliphatic rings. The Bertz CT molecular complexity index is 698. The number of carbonyl (C=O) groups is 2. The van der Waals surface area contributed by atoms with E-state index in [0.717, 1.165) is 42.8 Å². The number of hydrogen-bond donors (Lipinski definition) is 2. The lowest BCUT2D eigenvalue weighted by Crippen LogP contribution is -2.61. The van der Waals surface area contributed by atoms with Gasteiger partial charge >= 0.3 is 12.0 Å². The standard InChI is InChI=1S/C20H30N4O3S/c1-12(2)18-22-16(28-24-18)11-27-17(25)3-4-21-19(26)23-20-8-13-5-14(9-20)7-15(6-13)10-20/h12-15H,3-11H2,1-2H3,(H2,21,23,26). The Balaban J connectivity index is 1.16. The first-order valence-electron chi connectivity index (χ1n) is 10.4. The minimum Gasteiger partial charge on any atom is -0.458 e. The number of rotatable bonds is 7. The third-order valence-electron chi connectivity index (χ3n) is 6.39. The van der Waals surface area contributed by atoms with E-state index in [1.54, 1.807) is 0 Å². The number of carbonyl (C=O) groups excluding carboxylic acids is 2. The van der Waals surface area contributed by atoms with Crippen LogP contribution in [0, 0.1) is 17.8 Å². The summed E-state index contributed by atoms with van der Waals surface area (Å²) in [7, 11) is 0. The van der Waals surface area contributed by atoms with E-state index in [0.29, 0.717) is 5.01 Å². The highest BCUT2D eigenvalue weighted by Crippen LogP contribution is 2.55. The predicted molar refractivity (Wildman–Crippen MR) is 106 cm³/mol. The van der Waals surface area contributed by atoms with Crippen LogP contribution in [0.1, 0.15) is 75.5 Å². The monoisotopic (exact) mass is 406 g/mol. The van der Waals surface area contributed by atoms with Gasteiger partial charge in [-0.05, 0) is 67.8 Å². The number of esters is 1. The normalized spacial score (nSPS) is 30.5. The summed E-state index contributed by atoms with van der Waals surface area (Å²) in [6, 6.07) is -0.152. The molecule has 1 aromatic rings. The molecule has 0 aliphatic heterocycles. The third-order valence-corrected chi connectivity index (χ3v) is 7.09. The number of aromatic nitrogens is 2. The predicted octanol–water partition coefficient (Wildman–Crippen LogP) is 3.36. The van der Waals surface area contributed by atoms with Crippen molar-refractivity contribution in [2.75, 3.05) is 6.54 Å². The number of nitrogens with one attached hydrogen (secondary N) is 2. The second-order valence-corrected chi connectivity index (χ2v) is 10.0. The first-order chi connectivity index (χ1) is 13.4. The summed E-state index contributed by atoms with van der Waals surface area (Å²) in [5.41, 5.74) is -0.00863. The van der Waals surface area contributed by atoms with E-state index in [9.17, 15) is 9.59 Å². The van der Waals surface area contributed by atoms with E-state index < -0.39 is 0 Å². The Morgan fingerprint density at radius 1 is 1.18 bits per heavy atom. The molecule has 2 amide bonds. The molecule has 0 aromatic carbocycles.